The van der Waals surface area contributed by atoms with Crippen LogP contribution in [0.4, 0.5) is 16.2 Å². The second kappa shape index (κ2) is 7.72. The van der Waals surface area contributed by atoms with E-state index in [1.807, 2.05) is 33.8 Å². The molecular formula is C18H27N3O4. The van der Waals surface area contributed by atoms with E-state index in [1.54, 1.807) is 11.0 Å². The number of nitrogens with zero attached hydrogens (tertiary/aromatic N) is 2. The van der Waals surface area contributed by atoms with E-state index in [0.717, 1.165) is 24.8 Å². The molecule has 0 radical (unpaired) electrons. The van der Waals surface area contributed by atoms with E-state index in [0.29, 0.717) is 18.8 Å². The Hall–Kier alpha value is -2.31. The topological polar surface area (TPSA) is 84.7 Å². The zero-order chi connectivity index (χ0) is 18.6. The Kier molecular flexibility index (Phi) is 5.87. The Morgan fingerprint density at radius 3 is 2.76 bits per heavy atom. The molecule has 1 amide bonds. The second-order valence-electron chi connectivity index (χ2n) is 7.37. The van der Waals surface area contributed by atoms with Crippen molar-refractivity contribution in [3.8, 4) is 0 Å². The maximum Gasteiger partial charge on any atom is 0.410 e. The van der Waals surface area contributed by atoms with Crippen LogP contribution >= 0.6 is 0 Å². The molecular weight excluding hydrogens is 322 g/mol. The van der Waals surface area contributed by atoms with Gasteiger partial charge in [-0.05, 0) is 51.7 Å². The van der Waals surface area contributed by atoms with Crippen LogP contribution in [0.1, 0.15) is 46.1 Å². The van der Waals surface area contributed by atoms with Crippen LogP contribution < -0.4 is 5.32 Å². The minimum Gasteiger partial charge on any atom is -0.444 e. The third-order valence-electron chi connectivity index (χ3n) is 4.10. The first-order chi connectivity index (χ1) is 11.7. The number of anilines is 1. The van der Waals surface area contributed by atoms with Gasteiger partial charge in [0.25, 0.3) is 5.69 Å². The standard InChI is InChI=1S/C18H27N3O4/c1-5-13-8-9-16(21(23)24)15(11-13)19-14-7-6-10-20(12-14)17(22)25-18(2,3)4/h8-9,11,14,19H,5-7,10,12H2,1-4H3. The summed E-state index contributed by atoms with van der Waals surface area (Å²) in [4.78, 5) is 24.8. The summed E-state index contributed by atoms with van der Waals surface area (Å²) in [6, 6.07) is 5.10. The number of hydrogen-bond donors (Lipinski definition) is 1. The summed E-state index contributed by atoms with van der Waals surface area (Å²) in [5.41, 5.74) is 1.07. The average Bonchev–Trinajstić information content (AvgIpc) is 2.53. The van der Waals surface area contributed by atoms with Gasteiger partial charge in [0.15, 0.2) is 0 Å². The summed E-state index contributed by atoms with van der Waals surface area (Å²) in [5.74, 6) is 0. The van der Waals surface area contributed by atoms with Gasteiger partial charge in [-0.25, -0.2) is 4.79 Å². The average molecular weight is 349 g/mol. The van der Waals surface area contributed by atoms with Gasteiger partial charge < -0.3 is 15.0 Å². The Morgan fingerprint density at radius 2 is 2.16 bits per heavy atom. The minimum absolute atomic E-state index is 0.0351. The van der Waals surface area contributed by atoms with Crippen LogP contribution in [0, 0.1) is 10.1 Å². The molecule has 1 aliphatic heterocycles. The number of carbonyl (C=O) groups is 1. The quantitative estimate of drug-likeness (QED) is 0.657. The van der Waals surface area contributed by atoms with Gasteiger partial charge in [0.2, 0.25) is 0 Å². The lowest BCUT2D eigenvalue weighted by atomic mass is 10.0. The third kappa shape index (κ3) is 5.34. The molecule has 0 aromatic heterocycles. The number of nitrogens with one attached hydrogen (secondary N) is 1. The van der Waals surface area contributed by atoms with Gasteiger partial charge in [0.1, 0.15) is 11.3 Å². The van der Waals surface area contributed by atoms with Gasteiger partial charge in [-0.1, -0.05) is 13.0 Å². The fourth-order valence-corrected chi connectivity index (χ4v) is 2.89. The first-order valence-electron chi connectivity index (χ1n) is 8.71. The van der Waals surface area contributed by atoms with Crippen LogP contribution in [0.5, 0.6) is 0 Å². The lowest BCUT2D eigenvalue weighted by Gasteiger charge is -2.34. The van der Waals surface area contributed by atoms with Gasteiger partial charge in [0, 0.05) is 25.2 Å². The van der Waals surface area contributed by atoms with Gasteiger partial charge in [0.05, 0.1) is 4.92 Å². The number of piperidine rings is 1. The predicted octanol–water partition coefficient (Wildman–Crippen LogP) is 3.97. The highest BCUT2D eigenvalue weighted by Gasteiger charge is 2.28. The van der Waals surface area contributed by atoms with Gasteiger partial charge in [-0.3, -0.25) is 10.1 Å². The molecule has 1 saturated heterocycles. The molecule has 0 spiro atoms. The van der Waals surface area contributed by atoms with E-state index in [2.05, 4.69) is 5.32 Å². The van der Waals surface area contributed by atoms with Crippen molar-refractivity contribution in [1.29, 1.82) is 0 Å². The highest BCUT2D eigenvalue weighted by molar-refractivity contribution is 5.69. The molecule has 1 aromatic rings. The zero-order valence-electron chi connectivity index (χ0n) is 15.4. The molecule has 0 bridgehead atoms. The van der Waals surface area contributed by atoms with E-state index in [4.69, 9.17) is 4.74 Å². The molecule has 1 atom stereocenters. The molecule has 138 valence electrons. The number of hydrogen-bond acceptors (Lipinski definition) is 5. The van der Waals surface area contributed by atoms with Gasteiger partial charge >= 0.3 is 6.09 Å². The van der Waals surface area contributed by atoms with Crippen molar-refractivity contribution < 1.29 is 14.5 Å². The summed E-state index contributed by atoms with van der Waals surface area (Å²) in [6.07, 6.45) is 2.16. The fraction of sp³-hybridized carbons (Fsp3) is 0.611. The van der Waals surface area contributed by atoms with Gasteiger partial charge in [-0.2, -0.15) is 0 Å². The molecule has 1 aliphatic rings. The number of aryl methyl sites for hydroxylation is 1. The van der Waals surface area contributed by atoms with Crippen LogP contribution in [-0.4, -0.2) is 40.6 Å². The van der Waals surface area contributed by atoms with Crippen LogP contribution in [-0.2, 0) is 11.2 Å². The monoisotopic (exact) mass is 349 g/mol. The first-order valence-corrected chi connectivity index (χ1v) is 8.71. The number of rotatable bonds is 4. The predicted molar refractivity (Wildman–Crippen MR) is 96.9 cm³/mol. The maximum atomic E-state index is 12.3. The molecule has 1 fully saturated rings. The van der Waals surface area contributed by atoms with Crippen LogP contribution in [0.25, 0.3) is 0 Å². The van der Waals surface area contributed by atoms with E-state index < -0.39 is 5.60 Å². The van der Waals surface area contributed by atoms with Crippen molar-refractivity contribution in [3.05, 3.63) is 33.9 Å². The molecule has 1 unspecified atom stereocenters. The molecule has 0 saturated carbocycles. The van der Waals surface area contributed by atoms with Crippen LogP contribution in [0.15, 0.2) is 18.2 Å². The Morgan fingerprint density at radius 1 is 1.44 bits per heavy atom. The largest absolute Gasteiger partial charge is 0.444 e. The maximum absolute atomic E-state index is 12.3. The molecule has 7 heteroatoms. The van der Waals surface area contributed by atoms with Crippen molar-refractivity contribution in [1.82, 2.24) is 4.90 Å². The zero-order valence-corrected chi connectivity index (χ0v) is 15.4. The number of likely N-dealkylation sites (tertiary alicyclic amines) is 1. The highest BCUT2D eigenvalue weighted by atomic mass is 16.6. The van der Waals surface area contributed by atoms with Crippen molar-refractivity contribution in [2.24, 2.45) is 0 Å². The van der Waals surface area contributed by atoms with Crippen molar-refractivity contribution in [3.63, 3.8) is 0 Å². The SMILES string of the molecule is CCc1ccc([N+](=O)[O-])c(NC2CCCN(C(=O)OC(C)(C)C)C2)c1. The third-order valence-corrected chi connectivity index (χ3v) is 4.10. The second-order valence-corrected chi connectivity index (χ2v) is 7.37. The summed E-state index contributed by atoms with van der Waals surface area (Å²) >= 11 is 0. The molecule has 0 aliphatic carbocycles. The number of amides is 1. The number of carbonyl (C=O) groups excluding carboxylic acids is 1. The summed E-state index contributed by atoms with van der Waals surface area (Å²) in [7, 11) is 0. The highest BCUT2D eigenvalue weighted by Crippen LogP contribution is 2.28. The van der Waals surface area contributed by atoms with Crippen LogP contribution in [0.3, 0.4) is 0 Å². The molecule has 1 aromatic carbocycles. The number of nitro groups is 1. The minimum atomic E-state index is -0.536. The first kappa shape index (κ1) is 19.0. The number of benzene rings is 1. The van der Waals surface area contributed by atoms with E-state index in [1.165, 1.54) is 6.07 Å². The Balaban J connectivity index is 2.10. The van der Waals surface area contributed by atoms with Gasteiger partial charge in [-0.15, -0.1) is 0 Å². The Bertz CT molecular complexity index is 640. The molecule has 2 rings (SSSR count). The molecule has 7 nitrogen and oxygen atoms in total. The molecule has 1 N–H and O–H groups in total. The van der Waals surface area contributed by atoms with Crippen molar-refractivity contribution in [2.45, 2.75) is 58.6 Å². The number of nitro benzene ring substituents is 1. The lowest BCUT2D eigenvalue weighted by molar-refractivity contribution is -0.384. The van der Waals surface area contributed by atoms with Crippen LogP contribution in [0.2, 0.25) is 0 Å². The summed E-state index contributed by atoms with van der Waals surface area (Å²) in [5, 5.41) is 14.5. The van der Waals surface area contributed by atoms with E-state index in [9.17, 15) is 14.9 Å². The smallest absolute Gasteiger partial charge is 0.410 e. The van der Waals surface area contributed by atoms with E-state index in [-0.39, 0.29) is 22.7 Å². The normalized spacial score (nSPS) is 17.9. The van der Waals surface area contributed by atoms with Crippen molar-refractivity contribution in [2.75, 3.05) is 18.4 Å². The Labute approximate surface area is 148 Å². The molecule has 25 heavy (non-hydrogen) atoms. The molecule has 1 heterocycles. The fourth-order valence-electron chi connectivity index (χ4n) is 2.89. The lowest BCUT2D eigenvalue weighted by Crippen LogP contribution is -2.47. The number of ether oxygens (including phenoxy) is 1. The van der Waals surface area contributed by atoms with Crippen molar-refractivity contribution >= 4 is 17.5 Å². The van der Waals surface area contributed by atoms with E-state index >= 15 is 0 Å². The summed E-state index contributed by atoms with van der Waals surface area (Å²) < 4.78 is 5.43. The summed E-state index contributed by atoms with van der Waals surface area (Å²) in [6.45, 7) is 8.64.